The van der Waals surface area contributed by atoms with Crippen molar-refractivity contribution in [2.24, 2.45) is 0 Å². The van der Waals surface area contributed by atoms with E-state index in [0.717, 1.165) is 0 Å². The normalized spacial score (nSPS) is 12.9. The van der Waals surface area contributed by atoms with Gasteiger partial charge in [0.05, 0.1) is 23.2 Å². The molecule has 0 saturated carbocycles. The largest absolute Gasteiger partial charge is 0.138 e. The molecule has 0 heterocycles. The highest BCUT2D eigenvalue weighted by atomic mass is 31.8. The Morgan fingerprint density at radius 3 is 0.429 bits per heavy atom. The molecule has 0 aromatic heterocycles. The van der Waals surface area contributed by atoms with Gasteiger partial charge in [-0.25, -0.2) is 0 Å². The molecule has 0 saturated heterocycles. The zero-order chi connectivity index (χ0) is 36.5. The summed E-state index contributed by atoms with van der Waals surface area (Å²) in [5.41, 5.74) is 0. The molecule has 0 aliphatic heterocycles. The lowest BCUT2D eigenvalue weighted by molar-refractivity contribution is 0.717. The summed E-state index contributed by atoms with van der Waals surface area (Å²) in [6.07, 6.45) is 40.9. The number of hydrogen-bond acceptors (Lipinski definition) is 0. The van der Waals surface area contributed by atoms with Crippen LogP contribution in [-0.2, 0) is 0 Å². The summed E-state index contributed by atoms with van der Waals surface area (Å²) in [5, 5.41) is 0. The molecule has 0 radical (unpaired) electrons. The van der Waals surface area contributed by atoms with E-state index in [1.165, 1.54) is 116 Å². The van der Waals surface area contributed by atoms with Gasteiger partial charge in [-0.3, -0.25) is 0 Å². The molecule has 0 fully saturated rings. The van der Waals surface area contributed by atoms with Crippen molar-refractivity contribution in [1.82, 2.24) is 0 Å². The Hall–Kier alpha value is 1.08. The zero-order valence-corrected chi connectivity index (χ0v) is 40.3. The van der Waals surface area contributed by atoms with Crippen LogP contribution in [0.1, 0.15) is 236 Å². The molecule has 0 aliphatic carbocycles. The number of rotatable bonds is 39. The lowest BCUT2D eigenvalue weighted by Gasteiger charge is -2.60. The van der Waals surface area contributed by atoms with Gasteiger partial charge in [-0.2, -0.15) is 0 Å². The minimum atomic E-state index is -1.48. The highest BCUT2D eigenvalue weighted by Gasteiger charge is 2.59. The van der Waals surface area contributed by atoms with Crippen LogP contribution in [0, 0.1) is 0 Å². The standard InChI is InChI=1S/C45H99PSi3/c1-10-19-28-37-47(38-29-20-11-2,39-30-21-12-3)46(48(40-31-22-13-4,41-32-23-14-5)42-33-24-15-6)49(43-34-25-16-7,44-35-26-17-8)45-36-27-18-9/h10-45H2,1-9H3. The van der Waals surface area contributed by atoms with E-state index in [-0.39, 0.29) is 6.57 Å². The molecule has 0 unspecified atom stereocenters. The Kier molecular flexibility index (Phi) is 34.4. The van der Waals surface area contributed by atoms with Gasteiger partial charge in [0, 0.05) is 0 Å². The molecule has 0 spiro atoms. The summed E-state index contributed by atoms with van der Waals surface area (Å²) >= 11 is 0. The second-order valence-corrected chi connectivity index (χ2v) is 46.2. The molecule has 0 aromatic rings. The molecule has 0 nitrogen and oxygen atoms in total. The van der Waals surface area contributed by atoms with Crippen molar-refractivity contribution in [2.75, 3.05) is 0 Å². The summed E-state index contributed by atoms with van der Waals surface area (Å²) in [6.45, 7) is 22.8. The van der Waals surface area contributed by atoms with Crippen LogP contribution in [0.2, 0.25) is 54.4 Å². The van der Waals surface area contributed by atoms with Crippen LogP contribution in [0.25, 0.3) is 0 Å². The number of unbranched alkanes of at least 4 members (excludes halogenated alkanes) is 18. The molecule has 0 amide bonds. The fourth-order valence-electron chi connectivity index (χ4n) is 9.98. The van der Waals surface area contributed by atoms with E-state index in [1.54, 1.807) is 112 Å². The second-order valence-electron chi connectivity index (χ2n) is 17.1. The second kappa shape index (κ2) is 33.6. The maximum absolute atomic E-state index is 2.50. The summed E-state index contributed by atoms with van der Waals surface area (Å²) in [4.78, 5) is 0. The molecule has 0 rings (SSSR count). The Bertz CT molecular complexity index is 512. The van der Waals surface area contributed by atoms with Gasteiger partial charge >= 0.3 is 0 Å². The van der Waals surface area contributed by atoms with E-state index >= 15 is 0 Å². The molecule has 0 bridgehead atoms. The van der Waals surface area contributed by atoms with Crippen molar-refractivity contribution in [3.8, 4) is 0 Å². The predicted molar refractivity (Wildman–Crippen MR) is 243 cm³/mol. The molecule has 0 aromatic carbocycles. The highest BCUT2D eigenvalue weighted by Crippen LogP contribution is 2.73. The average molecular weight is 756 g/mol. The maximum atomic E-state index is 2.50. The summed E-state index contributed by atoms with van der Waals surface area (Å²) in [6, 6.07) is 15.9. The third-order valence-electron chi connectivity index (χ3n) is 12.6. The zero-order valence-electron chi connectivity index (χ0n) is 36.4. The van der Waals surface area contributed by atoms with Crippen LogP contribution in [-0.4, -0.2) is 23.2 Å². The molecule has 0 N–H and O–H groups in total. The van der Waals surface area contributed by atoms with E-state index in [0.29, 0.717) is 0 Å². The van der Waals surface area contributed by atoms with Crippen molar-refractivity contribution < 1.29 is 0 Å². The van der Waals surface area contributed by atoms with E-state index in [2.05, 4.69) is 62.3 Å². The molecular weight excluding hydrogens is 656 g/mol. The van der Waals surface area contributed by atoms with Crippen LogP contribution >= 0.6 is 6.57 Å². The van der Waals surface area contributed by atoms with Crippen LogP contribution in [0.4, 0.5) is 0 Å². The molecule has 296 valence electrons. The van der Waals surface area contributed by atoms with Crippen LogP contribution < -0.4 is 0 Å². The van der Waals surface area contributed by atoms with Crippen molar-refractivity contribution >= 4 is 29.8 Å². The van der Waals surface area contributed by atoms with Gasteiger partial charge in [0.1, 0.15) is 0 Å². The van der Waals surface area contributed by atoms with Gasteiger partial charge in [-0.05, 0) is 0 Å². The summed E-state index contributed by atoms with van der Waals surface area (Å²) in [7, 11) is -4.44. The summed E-state index contributed by atoms with van der Waals surface area (Å²) < 4.78 is 0. The van der Waals surface area contributed by atoms with Crippen LogP contribution in [0.5, 0.6) is 0 Å². The maximum Gasteiger partial charge on any atom is 0.0733 e. The van der Waals surface area contributed by atoms with Gasteiger partial charge in [-0.1, -0.05) is 290 Å². The minimum absolute atomic E-state index is 0.263. The van der Waals surface area contributed by atoms with Gasteiger partial charge in [0.15, 0.2) is 0 Å². The molecular formula is C45H99PSi3. The third kappa shape index (κ3) is 20.4. The molecule has 4 heteroatoms. The third-order valence-corrected chi connectivity index (χ3v) is 67.2. The Morgan fingerprint density at radius 2 is 0.327 bits per heavy atom. The molecule has 0 aliphatic rings. The monoisotopic (exact) mass is 755 g/mol. The highest BCUT2D eigenvalue weighted by molar-refractivity contribution is 8.37. The minimum Gasteiger partial charge on any atom is -0.138 e. The smallest absolute Gasteiger partial charge is 0.0733 e. The van der Waals surface area contributed by atoms with Gasteiger partial charge in [-0.15, -0.1) is 6.57 Å². The van der Waals surface area contributed by atoms with Crippen LogP contribution in [0.15, 0.2) is 0 Å². The van der Waals surface area contributed by atoms with E-state index in [9.17, 15) is 0 Å². The van der Waals surface area contributed by atoms with Gasteiger partial charge in [0.25, 0.3) is 0 Å². The quantitative estimate of drug-likeness (QED) is 0.0333. The van der Waals surface area contributed by atoms with Crippen molar-refractivity contribution in [3.05, 3.63) is 0 Å². The fraction of sp³-hybridized carbons (Fsp3) is 1.00. The van der Waals surface area contributed by atoms with Crippen LogP contribution in [0.3, 0.4) is 0 Å². The SMILES string of the molecule is CCCCC[Si](CCCCC)(CCCCC)P([Si](CCCCC)(CCCCC)CCCCC)[Si](CCCCC)(CCCCC)CCCCC. The average Bonchev–Trinajstić information content (AvgIpc) is 3.09. The van der Waals surface area contributed by atoms with Crippen molar-refractivity contribution in [2.45, 2.75) is 290 Å². The lowest BCUT2D eigenvalue weighted by Crippen LogP contribution is -2.55. The van der Waals surface area contributed by atoms with E-state index in [1.807, 2.05) is 0 Å². The molecule has 0 atom stereocenters. The van der Waals surface area contributed by atoms with E-state index < -0.39 is 23.2 Å². The fourth-order valence-corrected chi connectivity index (χ4v) is 90.1. The van der Waals surface area contributed by atoms with Gasteiger partial charge < -0.3 is 0 Å². The first-order valence-electron chi connectivity index (χ1n) is 23.7. The van der Waals surface area contributed by atoms with Gasteiger partial charge in [0.2, 0.25) is 0 Å². The first-order valence-corrected chi connectivity index (χ1v) is 35.4. The van der Waals surface area contributed by atoms with Crippen molar-refractivity contribution in [3.63, 3.8) is 0 Å². The Labute approximate surface area is 318 Å². The van der Waals surface area contributed by atoms with E-state index in [4.69, 9.17) is 0 Å². The number of hydrogen-bond donors (Lipinski definition) is 0. The Morgan fingerprint density at radius 1 is 0.204 bits per heavy atom. The summed E-state index contributed by atoms with van der Waals surface area (Å²) in [5.74, 6) is 0. The predicted octanol–water partition coefficient (Wildman–Crippen LogP) is 19.0. The Balaban J connectivity index is 8.19. The topological polar surface area (TPSA) is 0 Å². The first kappa shape index (κ1) is 50.1. The lowest BCUT2D eigenvalue weighted by atomic mass is 10.3. The van der Waals surface area contributed by atoms with Crippen molar-refractivity contribution in [1.29, 1.82) is 0 Å². The first-order chi connectivity index (χ1) is 23.9. The molecule has 49 heavy (non-hydrogen) atoms.